The van der Waals surface area contributed by atoms with Gasteiger partial charge in [0.15, 0.2) is 5.11 Å². The molecule has 0 aliphatic carbocycles. The summed E-state index contributed by atoms with van der Waals surface area (Å²) in [6.45, 7) is 0. The van der Waals surface area contributed by atoms with Crippen molar-refractivity contribution in [2.45, 2.75) is 0 Å². The maximum absolute atomic E-state index is 5.23. The Morgan fingerprint density at radius 1 is 0.944 bits per heavy atom. The molecule has 3 nitrogen and oxygen atoms in total. The van der Waals surface area contributed by atoms with Gasteiger partial charge in [-0.15, -0.1) is 0 Å². The number of hydrogen-bond acceptors (Lipinski definition) is 2. The van der Waals surface area contributed by atoms with Crippen molar-refractivity contribution in [3.8, 4) is 5.75 Å². The third kappa shape index (κ3) is 3.46. The molecule has 0 atom stereocenters. The molecule has 2 rings (SSSR count). The van der Waals surface area contributed by atoms with E-state index < -0.39 is 0 Å². The summed E-state index contributed by atoms with van der Waals surface area (Å²) in [4.78, 5) is 0. The number of ether oxygens (including phenoxy) is 1. The summed E-state index contributed by atoms with van der Waals surface area (Å²) in [5, 5.41) is 6.76. The van der Waals surface area contributed by atoms with Crippen LogP contribution in [0.4, 0.5) is 11.4 Å². The number of methoxy groups -OCH3 is 1. The molecule has 4 heteroatoms. The Balaban J connectivity index is 1.99. The van der Waals surface area contributed by atoms with Crippen molar-refractivity contribution in [3.05, 3.63) is 54.6 Å². The second kappa shape index (κ2) is 6.02. The first kappa shape index (κ1) is 12.4. The zero-order valence-electron chi connectivity index (χ0n) is 10.0. The van der Waals surface area contributed by atoms with Gasteiger partial charge in [0.2, 0.25) is 0 Å². The average Bonchev–Trinajstić information content (AvgIpc) is 2.40. The van der Waals surface area contributed by atoms with E-state index in [1.165, 1.54) is 0 Å². The van der Waals surface area contributed by atoms with Gasteiger partial charge in [-0.1, -0.05) is 24.3 Å². The second-order valence-corrected chi connectivity index (χ2v) is 4.09. The molecule has 0 heterocycles. The summed E-state index contributed by atoms with van der Waals surface area (Å²) in [6.07, 6.45) is 0. The molecule has 0 radical (unpaired) electrons. The highest BCUT2D eigenvalue weighted by Gasteiger charge is 1.99. The van der Waals surface area contributed by atoms with Crippen molar-refractivity contribution in [2.75, 3.05) is 17.7 Å². The molecule has 0 amide bonds. The van der Waals surface area contributed by atoms with Gasteiger partial charge in [-0.25, -0.2) is 0 Å². The molecular weight excluding hydrogens is 244 g/mol. The second-order valence-electron chi connectivity index (χ2n) is 3.68. The Morgan fingerprint density at radius 2 is 1.61 bits per heavy atom. The molecule has 2 aromatic rings. The van der Waals surface area contributed by atoms with E-state index in [9.17, 15) is 0 Å². The van der Waals surface area contributed by atoms with Gasteiger partial charge in [-0.05, 0) is 36.5 Å². The van der Waals surface area contributed by atoms with E-state index in [1.54, 1.807) is 7.11 Å². The SMILES string of the molecule is COc1cccc(NC(=S)Nc2ccccc2)c1. The smallest absolute Gasteiger partial charge is 0.175 e. The molecule has 0 aromatic heterocycles. The van der Waals surface area contributed by atoms with Crippen LogP contribution in [0.2, 0.25) is 0 Å². The van der Waals surface area contributed by atoms with Crippen LogP contribution in [-0.2, 0) is 0 Å². The summed E-state index contributed by atoms with van der Waals surface area (Å²) in [6, 6.07) is 17.4. The minimum atomic E-state index is 0.550. The standard InChI is InChI=1S/C14H14N2OS/c1-17-13-9-5-8-12(10-13)16-14(18)15-11-6-3-2-4-7-11/h2-10H,1H3,(H2,15,16,18). The molecule has 0 aliphatic heterocycles. The third-order valence-corrected chi connectivity index (χ3v) is 2.56. The largest absolute Gasteiger partial charge is 0.497 e. The average molecular weight is 258 g/mol. The molecule has 0 aliphatic rings. The molecule has 2 N–H and O–H groups in total. The highest BCUT2D eigenvalue weighted by atomic mass is 32.1. The lowest BCUT2D eigenvalue weighted by Crippen LogP contribution is -2.18. The molecule has 0 unspecified atom stereocenters. The lowest BCUT2D eigenvalue weighted by Gasteiger charge is -2.11. The summed E-state index contributed by atoms with van der Waals surface area (Å²) in [7, 11) is 1.64. The van der Waals surface area contributed by atoms with Crippen molar-refractivity contribution in [3.63, 3.8) is 0 Å². The van der Waals surface area contributed by atoms with E-state index in [0.717, 1.165) is 17.1 Å². The van der Waals surface area contributed by atoms with Crippen molar-refractivity contribution in [2.24, 2.45) is 0 Å². The number of anilines is 2. The topological polar surface area (TPSA) is 33.3 Å². The van der Waals surface area contributed by atoms with Gasteiger partial charge in [0, 0.05) is 17.4 Å². The Labute approximate surface area is 112 Å². The quantitative estimate of drug-likeness (QED) is 0.825. The van der Waals surface area contributed by atoms with Crippen LogP contribution in [0.25, 0.3) is 0 Å². The molecular formula is C14H14N2OS. The predicted octanol–water partition coefficient (Wildman–Crippen LogP) is 3.50. The molecule has 92 valence electrons. The van der Waals surface area contributed by atoms with Gasteiger partial charge in [0.05, 0.1) is 7.11 Å². The minimum Gasteiger partial charge on any atom is -0.497 e. The first-order valence-electron chi connectivity index (χ1n) is 5.55. The van der Waals surface area contributed by atoms with Gasteiger partial charge in [0.25, 0.3) is 0 Å². The Hall–Kier alpha value is -2.07. The van der Waals surface area contributed by atoms with Crippen LogP contribution in [0.1, 0.15) is 0 Å². The van der Waals surface area contributed by atoms with Crippen molar-refractivity contribution < 1.29 is 4.74 Å². The third-order valence-electron chi connectivity index (χ3n) is 2.36. The number of nitrogens with one attached hydrogen (secondary N) is 2. The van der Waals surface area contributed by atoms with Crippen LogP contribution in [0.15, 0.2) is 54.6 Å². The van der Waals surface area contributed by atoms with Crippen LogP contribution in [0, 0.1) is 0 Å². The highest BCUT2D eigenvalue weighted by Crippen LogP contribution is 2.17. The van der Waals surface area contributed by atoms with Gasteiger partial charge >= 0.3 is 0 Å². The summed E-state index contributed by atoms with van der Waals surface area (Å²) >= 11 is 5.23. The fourth-order valence-electron chi connectivity index (χ4n) is 1.52. The van der Waals surface area contributed by atoms with Crippen molar-refractivity contribution in [1.82, 2.24) is 0 Å². The lowest BCUT2D eigenvalue weighted by atomic mass is 10.3. The first-order valence-corrected chi connectivity index (χ1v) is 5.96. The van der Waals surface area contributed by atoms with Gasteiger partial charge in [-0.3, -0.25) is 0 Å². The predicted molar refractivity (Wildman–Crippen MR) is 79.3 cm³/mol. The van der Waals surface area contributed by atoms with Crippen LogP contribution in [-0.4, -0.2) is 12.2 Å². The molecule has 18 heavy (non-hydrogen) atoms. The van der Waals surface area contributed by atoms with Crippen LogP contribution in [0.3, 0.4) is 0 Å². The van der Waals surface area contributed by atoms with Gasteiger partial charge in [0.1, 0.15) is 5.75 Å². The zero-order valence-corrected chi connectivity index (χ0v) is 10.8. The van der Waals surface area contributed by atoms with Gasteiger partial charge in [-0.2, -0.15) is 0 Å². The molecule has 0 spiro atoms. The number of rotatable bonds is 3. The lowest BCUT2D eigenvalue weighted by molar-refractivity contribution is 0.415. The summed E-state index contributed by atoms with van der Waals surface area (Å²) in [5.74, 6) is 0.794. The normalized spacial score (nSPS) is 9.61. The molecule has 0 bridgehead atoms. The van der Waals surface area contributed by atoms with Gasteiger partial charge < -0.3 is 15.4 Å². The zero-order chi connectivity index (χ0) is 12.8. The Kier molecular flexibility index (Phi) is 4.15. The molecule has 0 fully saturated rings. The van der Waals surface area contributed by atoms with E-state index in [4.69, 9.17) is 17.0 Å². The minimum absolute atomic E-state index is 0.550. The van der Waals surface area contributed by atoms with E-state index >= 15 is 0 Å². The van der Waals surface area contributed by atoms with E-state index in [1.807, 2.05) is 54.6 Å². The van der Waals surface area contributed by atoms with E-state index in [-0.39, 0.29) is 0 Å². The first-order chi connectivity index (χ1) is 8.78. The summed E-state index contributed by atoms with van der Waals surface area (Å²) < 4.78 is 5.15. The van der Waals surface area contributed by atoms with E-state index in [2.05, 4.69) is 10.6 Å². The Morgan fingerprint density at radius 3 is 2.33 bits per heavy atom. The fourth-order valence-corrected chi connectivity index (χ4v) is 1.75. The maximum atomic E-state index is 5.23. The molecule has 0 saturated heterocycles. The van der Waals surface area contributed by atoms with Crippen LogP contribution < -0.4 is 15.4 Å². The van der Waals surface area contributed by atoms with Crippen LogP contribution in [0.5, 0.6) is 5.75 Å². The molecule has 0 saturated carbocycles. The number of thiocarbonyl (C=S) groups is 1. The summed E-state index contributed by atoms with van der Waals surface area (Å²) in [5.41, 5.74) is 1.85. The number of para-hydroxylation sites is 1. The monoisotopic (exact) mass is 258 g/mol. The highest BCUT2D eigenvalue weighted by molar-refractivity contribution is 7.80. The number of benzene rings is 2. The van der Waals surface area contributed by atoms with Crippen molar-refractivity contribution in [1.29, 1.82) is 0 Å². The van der Waals surface area contributed by atoms with E-state index in [0.29, 0.717) is 5.11 Å². The maximum Gasteiger partial charge on any atom is 0.175 e. The van der Waals surface area contributed by atoms with Crippen LogP contribution >= 0.6 is 12.2 Å². The fraction of sp³-hybridized carbons (Fsp3) is 0.0714. The Bertz CT molecular complexity index is 528. The number of hydrogen-bond donors (Lipinski definition) is 2. The molecule has 2 aromatic carbocycles. The van der Waals surface area contributed by atoms with Crippen molar-refractivity contribution >= 4 is 28.7 Å².